The summed E-state index contributed by atoms with van der Waals surface area (Å²) in [4.78, 5) is 2.44. The Kier molecular flexibility index (Phi) is 6.01. The number of hydrogen-bond acceptors (Lipinski definition) is 3. The van der Waals surface area contributed by atoms with E-state index in [2.05, 4.69) is 158 Å². The van der Waals surface area contributed by atoms with Crippen molar-refractivity contribution in [1.82, 2.24) is 0 Å². The Bertz CT molecular complexity index is 3070. The van der Waals surface area contributed by atoms with E-state index in [-0.39, 0.29) is 5.41 Å². The van der Waals surface area contributed by atoms with Gasteiger partial charge in [0.2, 0.25) is 0 Å². The van der Waals surface area contributed by atoms with Crippen LogP contribution in [0.3, 0.4) is 0 Å². The molecule has 2 heterocycles. The van der Waals surface area contributed by atoms with Crippen LogP contribution < -0.4 is 4.90 Å². The molecule has 1 aliphatic rings. The molecule has 0 amide bonds. The summed E-state index contributed by atoms with van der Waals surface area (Å²) in [5.74, 6) is 0. The molecule has 0 saturated heterocycles. The molecule has 0 unspecified atom stereocenters. The van der Waals surface area contributed by atoms with Crippen molar-refractivity contribution in [2.45, 2.75) is 19.3 Å². The zero-order valence-corrected chi connectivity index (χ0v) is 28.9. The summed E-state index contributed by atoms with van der Waals surface area (Å²) in [6.45, 7) is 4.70. The summed E-state index contributed by atoms with van der Waals surface area (Å²) in [6, 6.07) is 59.0. The Hall–Kier alpha value is -6.58. The van der Waals surface area contributed by atoms with Gasteiger partial charge >= 0.3 is 0 Å². The summed E-state index contributed by atoms with van der Waals surface area (Å²) >= 11 is 0. The molecule has 0 N–H and O–H groups in total. The first kappa shape index (κ1) is 29.2. The fourth-order valence-corrected chi connectivity index (χ4v) is 8.74. The van der Waals surface area contributed by atoms with Crippen LogP contribution in [0.4, 0.5) is 17.1 Å². The van der Waals surface area contributed by atoms with Crippen LogP contribution in [0, 0.1) is 0 Å². The molecule has 11 rings (SSSR count). The SMILES string of the molecule is CC1(C)c2ccccc2-c2ccc(N(c3ccc4oc5ccccc5c4c3)c3ccc4ccccc4c3-c3ccc4oc5ccccc5c4c3)cc21. The highest BCUT2D eigenvalue weighted by Gasteiger charge is 2.36. The number of anilines is 3. The molecule has 3 nitrogen and oxygen atoms in total. The minimum Gasteiger partial charge on any atom is -0.456 e. The quantitative estimate of drug-likeness (QED) is 0.187. The van der Waals surface area contributed by atoms with Crippen LogP contribution in [0.25, 0.3) is 76.9 Å². The molecule has 0 bridgehead atoms. The molecule has 0 atom stereocenters. The maximum absolute atomic E-state index is 6.31. The first-order valence-electron chi connectivity index (χ1n) is 17.9. The second-order valence-electron chi connectivity index (χ2n) is 14.5. The lowest BCUT2D eigenvalue weighted by Crippen LogP contribution is -2.17. The highest BCUT2D eigenvalue weighted by Crippen LogP contribution is 2.52. The monoisotopic (exact) mass is 667 g/mol. The fraction of sp³-hybridized carbons (Fsp3) is 0.0612. The fourth-order valence-electron chi connectivity index (χ4n) is 8.74. The summed E-state index contributed by atoms with van der Waals surface area (Å²) in [5.41, 5.74) is 14.3. The normalized spacial score (nSPS) is 13.3. The summed E-state index contributed by atoms with van der Waals surface area (Å²) in [7, 11) is 0. The third-order valence-electron chi connectivity index (χ3n) is 11.3. The Labute approximate surface area is 301 Å². The van der Waals surface area contributed by atoms with Crippen molar-refractivity contribution in [2.75, 3.05) is 4.90 Å². The first-order chi connectivity index (χ1) is 25.5. The summed E-state index contributed by atoms with van der Waals surface area (Å²) in [5, 5.41) is 6.83. The minimum absolute atomic E-state index is 0.141. The highest BCUT2D eigenvalue weighted by atomic mass is 16.3. The number of para-hydroxylation sites is 2. The van der Waals surface area contributed by atoms with Crippen LogP contribution in [-0.2, 0) is 5.41 Å². The lowest BCUT2D eigenvalue weighted by Gasteiger charge is -2.30. The lowest BCUT2D eigenvalue weighted by atomic mass is 9.82. The Morgan fingerprint density at radius 3 is 1.79 bits per heavy atom. The minimum atomic E-state index is -0.141. The predicted molar refractivity (Wildman–Crippen MR) is 216 cm³/mol. The van der Waals surface area contributed by atoms with E-state index in [0.29, 0.717) is 0 Å². The Morgan fingerprint density at radius 1 is 0.423 bits per heavy atom. The number of rotatable bonds is 4. The number of nitrogens with zero attached hydrogens (tertiary/aromatic N) is 1. The predicted octanol–water partition coefficient (Wildman–Crippen LogP) is 14.1. The molecular weight excluding hydrogens is 635 g/mol. The second kappa shape index (κ2) is 10.7. The van der Waals surface area contributed by atoms with Crippen LogP contribution in [-0.4, -0.2) is 0 Å². The van der Waals surface area contributed by atoms with Crippen LogP contribution in [0.5, 0.6) is 0 Å². The number of benzene rings is 8. The van der Waals surface area contributed by atoms with Gasteiger partial charge < -0.3 is 13.7 Å². The topological polar surface area (TPSA) is 29.5 Å². The van der Waals surface area contributed by atoms with Gasteiger partial charge in [-0.15, -0.1) is 0 Å². The standard InChI is InChI=1S/C49H33NO2/c1-49(2)41-16-8-5-13-35(41)36-23-21-33(29-42(36)49)50(32-22-26-47-40(28-32)38-15-7-10-18-45(38)52-47)43-24-19-30-11-3-4-12-34(30)48(43)31-20-25-46-39(27-31)37-14-6-9-17-44(37)51-46/h3-29H,1-2H3. The molecule has 10 aromatic rings. The van der Waals surface area contributed by atoms with Gasteiger partial charge in [-0.25, -0.2) is 0 Å². The van der Waals surface area contributed by atoms with Crippen LogP contribution in [0.2, 0.25) is 0 Å². The molecule has 8 aromatic carbocycles. The molecule has 246 valence electrons. The van der Waals surface area contributed by atoms with E-state index >= 15 is 0 Å². The van der Waals surface area contributed by atoms with Gasteiger partial charge in [-0.3, -0.25) is 0 Å². The smallest absolute Gasteiger partial charge is 0.135 e. The van der Waals surface area contributed by atoms with Crippen LogP contribution in [0.1, 0.15) is 25.0 Å². The van der Waals surface area contributed by atoms with E-state index in [0.717, 1.165) is 66.5 Å². The van der Waals surface area contributed by atoms with E-state index in [1.54, 1.807) is 0 Å². The second-order valence-corrected chi connectivity index (χ2v) is 14.5. The zero-order valence-electron chi connectivity index (χ0n) is 28.9. The van der Waals surface area contributed by atoms with Gasteiger partial charge in [0, 0.05) is 43.9 Å². The number of fused-ring (bicyclic) bond motifs is 10. The van der Waals surface area contributed by atoms with Gasteiger partial charge in [0.15, 0.2) is 0 Å². The molecule has 0 spiro atoms. The molecule has 2 aromatic heterocycles. The maximum atomic E-state index is 6.31. The first-order valence-corrected chi connectivity index (χ1v) is 17.9. The average Bonchev–Trinajstić information content (AvgIpc) is 3.82. The molecule has 3 heteroatoms. The molecule has 0 fully saturated rings. The maximum Gasteiger partial charge on any atom is 0.135 e. The third-order valence-corrected chi connectivity index (χ3v) is 11.3. The van der Waals surface area contributed by atoms with Crippen molar-refractivity contribution >= 4 is 71.7 Å². The Balaban J connectivity index is 1.21. The van der Waals surface area contributed by atoms with E-state index in [9.17, 15) is 0 Å². The van der Waals surface area contributed by atoms with E-state index in [4.69, 9.17) is 8.83 Å². The van der Waals surface area contributed by atoms with Crippen molar-refractivity contribution in [2.24, 2.45) is 0 Å². The molecule has 1 aliphatic carbocycles. The molecular formula is C49H33NO2. The highest BCUT2D eigenvalue weighted by molar-refractivity contribution is 6.11. The molecule has 0 radical (unpaired) electrons. The summed E-state index contributed by atoms with van der Waals surface area (Å²) in [6.07, 6.45) is 0. The van der Waals surface area contributed by atoms with Gasteiger partial charge in [-0.05, 0) is 99.3 Å². The van der Waals surface area contributed by atoms with Gasteiger partial charge in [-0.2, -0.15) is 0 Å². The van der Waals surface area contributed by atoms with Gasteiger partial charge in [-0.1, -0.05) is 117 Å². The summed E-state index contributed by atoms with van der Waals surface area (Å²) < 4.78 is 12.6. The molecule has 0 aliphatic heterocycles. The van der Waals surface area contributed by atoms with Crippen LogP contribution in [0.15, 0.2) is 173 Å². The van der Waals surface area contributed by atoms with Crippen molar-refractivity contribution in [3.63, 3.8) is 0 Å². The van der Waals surface area contributed by atoms with E-state index in [1.165, 1.54) is 38.6 Å². The van der Waals surface area contributed by atoms with Crippen LogP contribution >= 0.6 is 0 Å². The molecule has 52 heavy (non-hydrogen) atoms. The van der Waals surface area contributed by atoms with Crippen molar-refractivity contribution in [3.8, 4) is 22.3 Å². The lowest BCUT2D eigenvalue weighted by molar-refractivity contribution is 0.660. The van der Waals surface area contributed by atoms with E-state index in [1.807, 2.05) is 24.3 Å². The van der Waals surface area contributed by atoms with Gasteiger partial charge in [0.1, 0.15) is 22.3 Å². The van der Waals surface area contributed by atoms with Crippen molar-refractivity contribution < 1.29 is 8.83 Å². The van der Waals surface area contributed by atoms with Gasteiger partial charge in [0.05, 0.1) is 5.69 Å². The van der Waals surface area contributed by atoms with Gasteiger partial charge in [0.25, 0.3) is 0 Å². The largest absolute Gasteiger partial charge is 0.456 e. The third kappa shape index (κ3) is 4.14. The van der Waals surface area contributed by atoms with E-state index < -0.39 is 0 Å². The number of furan rings is 2. The number of hydrogen-bond donors (Lipinski definition) is 0. The van der Waals surface area contributed by atoms with Crippen molar-refractivity contribution in [1.29, 1.82) is 0 Å². The molecule has 0 saturated carbocycles. The van der Waals surface area contributed by atoms with Crippen molar-refractivity contribution in [3.05, 3.63) is 175 Å². The Morgan fingerprint density at radius 2 is 1.00 bits per heavy atom. The zero-order chi connectivity index (χ0) is 34.6. The average molecular weight is 668 g/mol.